The number of nitrogens with two attached hydrogens (primary N) is 5. The summed E-state index contributed by atoms with van der Waals surface area (Å²) in [5, 5.41) is 98.0. The number of hydrogen-bond acceptors (Lipinski definition) is 31. The number of carbonyl (C=O) groups excluding carboxylic acids is 17. The molecular formula is C74H113N27O22S6. The van der Waals surface area contributed by atoms with Crippen molar-refractivity contribution in [1.29, 1.82) is 10.8 Å². The van der Waals surface area contributed by atoms with E-state index in [1.54, 1.807) is 24.3 Å². The van der Waals surface area contributed by atoms with Gasteiger partial charge in [0.05, 0.1) is 57.3 Å². The highest BCUT2D eigenvalue weighted by Crippen LogP contribution is 2.28. The van der Waals surface area contributed by atoms with Crippen LogP contribution in [0.5, 0.6) is 0 Å². The maximum atomic E-state index is 15.5. The summed E-state index contributed by atoms with van der Waals surface area (Å²) in [6.45, 7) is -3.14. The number of para-hydroxylation sites is 1. The van der Waals surface area contributed by atoms with Gasteiger partial charge in [0.1, 0.15) is 84.6 Å². The number of aliphatic hydroxyl groups is 3. The fraction of sp³-hybridized carbons (Fsp3) is 0.581. The minimum Gasteiger partial charge on any atom is -0.481 e. The first-order valence-corrected chi connectivity index (χ1v) is 48.3. The Balaban J connectivity index is 1.61. The van der Waals surface area contributed by atoms with Gasteiger partial charge in [0, 0.05) is 90.3 Å². The number of aromatic amines is 2. The predicted octanol–water partition coefficient (Wildman–Crippen LogP) is -9.50. The number of rotatable bonds is 27. The highest BCUT2D eigenvalue weighted by Gasteiger charge is 2.41. The lowest BCUT2D eigenvalue weighted by atomic mass is 10.0. The molecule has 0 saturated carbocycles. The van der Waals surface area contributed by atoms with Gasteiger partial charge in [-0.15, -0.1) is 0 Å². The number of aromatic nitrogens is 3. The normalized spacial score (nSPS) is 25.5. The van der Waals surface area contributed by atoms with Crippen molar-refractivity contribution in [2.24, 2.45) is 28.7 Å². The smallest absolute Gasteiger partial charge is 0.305 e. The molecule has 3 aromatic rings. The number of unbranched alkanes of at least 4 members (excludes halogenated alkanes) is 5. The van der Waals surface area contributed by atoms with E-state index >= 15 is 14.4 Å². The molecule has 17 amide bonds. The Morgan fingerprint density at radius 2 is 0.884 bits per heavy atom. The van der Waals surface area contributed by atoms with E-state index in [2.05, 4.69) is 100 Å². The van der Waals surface area contributed by atoms with E-state index in [-0.39, 0.29) is 51.0 Å². The summed E-state index contributed by atoms with van der Waals surface area (Å²) >= 11 is 0. The van der Waals surface area contributed by atoms with E-state index in [0.717, 1.165) is 78.1 Å². The lowest BCUT2D eigenvalue weighted by molar-refractivity contribution is -0.142. The molecule has 712 valence electrons. The molecule has 3 aliphatic heterocycles. The van der Waals surface area contributed by atoms with Crippen molar-refractivity contribution >= 4 is 194 Å². The summed E-state index contributed by atoms with van der Waals surface area (Å²) in [4.78, 5) is 273. The molecule has 2 aromatic heterocycles. The second-order valence-corrected chi connectivity index (χ2v) is 37.4. The molecule has 3 aliphatic rings. The fourth-order valence-electron chi connectivity index (χ4n) is 12.7. The van der Waals surface area contributed by atoms with Gasteiger partial charge in [-0.25, -0.2) is 4.98 Å². The first kappa shape index (κ1) is 107. The first-order chi connectivity index (χ1) is 61.5. The van der Waals surface area contributed by atoms with Gasteiger partial charge >= 0.3 is 5.97 Å². The van der Waals surface area contributed by atoms with Gasteiger partial charge in [-0.3, -0.25) is 97.1 Å². The summed E-state index contributed by atoms with van der Waals surface area (Å²) in [6, 6.07) is -21.5. The van der Waals surface area contributed by atoms with Gasteiger partial charge in [-0.1, -0.05) is 122 Å². The average molecular weight is 1930 g/mol. The van der Waals surface area contributed by atoms with E-state index in [1.165, 1.54) is 18.7 Å². The predicted molar refractivity (Wildman–Crippen MR) is 479 cm³/mol. The van der Waals surface area contributed by atoms with Gasteiger partial charge in [-0.05, 0) is 43.7 Å². The third kappa shape index (κ3) is 36.8. The van der Waals surface area contributed by atoms with Crippen LogP contribution in [0, 0.1) is 10.8 Å². The van der Waals surface area contributed by atoms with Crippen molar-refractivity contribution < 1.29 is 107 Å². The number of aliphatic hydroxyl groups excluding tert-OH is 3. The summed E-state index contributed by atoms with van der Waals surface area (Å²) in [7, 11) is 4.46. The first-order valence-electron chi connectivity index (χ1n) is 40.9. The largest absolute Gasteiger partial charge is 0.481 e. The number of aliphatic carboxylic acids is 1. The van der Waals surface area contributed by atoms with Crippen LogP contribution in [0.1, 0.15) is 95.2 Å². The van der Waals surface area contributed by atoms with Crippen molar-refractivity contribution in [2.45, 2.75) is 187 Å². The van der Waals surface area contributed by atoms with E-state index in [4.69, 9.17) is 39.5 Å². The van der Waals surface area contributed by atoms with Gasteiger partial charge < -0.3 is 149 Å². The van der Waals surface area contributed by atoms with Crippen LogP contribution in [0.2, 0.25) is 0 Å². The Morgan fingerprint density at radius 3 is 1.41 bits per heavy atom. The van der Waals surface area contributed by atoms with Crippen LogP contribution < -0.4 is 114 Å². The molecule has 3 saturated heterocycles. The number of imidazole rings is 1. The topological polar surface area (TPSA) is 806 Å². The standard InChI is InChI=1S/C74H113N27O22S6/c1-2-3-4-5-6-9-18-101-25-56(106)87-43(19-36-23-85-40-13-8-7-12-38(36)40)62(113)99-52-32-126-124-29-39(75)59(110)97-51-31-128-129-34-54(71(122)96-50(58(77)109)30-125-127-33-53(100-64(115)45(21-55(76)105)91-69(51)120)70(121)94-48(27-103)67(118)95-49(28-104)72(101)123)98-61(112)42(15-11-17-84-74(80)81)88-66(117)47(26-102)93-63(114)44(20-37-24-82-35-86-37)90-65(116)46(22-57(107)108)92-60(111)41(89-68(52)119)14-10-16-83-73(78)79/h7-8,12-13,23-24,35,39,41-54,85,102-104H,2-6,9-11,14-22,25-34,75H2,1H3,(H2,76,105)(H2,77,109)(H,82,86)(H,87,106)(H,88,117)(H,89,119)(H,90,116)(H,91,120)(H,92,111)(H,93,114)(H,94,121)(H,95,118)(H,96,122)(H,97,110)(H,98,112)(H,99,113)(H,100,115)(H,107,108)(H4,78,79,83)(H4,80,81,84)/t39-,41-,42-,43-,44-,45-,46-,47-,48-,49-,50-,51-,52-,53-,54-/m0/s1. The molecule has 0 aliphatic carbocycles. The van der Waals surface area contributed by atoms with Gasteiger partial charge in [0.15, 0.2) is 11.9 Å². The second kappa shape index (κ2) is 55.7. The quantitative estimate of drug-likeness (QED) is 0.0146. The summed E-state index contributed by atoms with van der Waals surface area (Å²) in [6.07, 6.45) is 3.61. The molecule has 55 heteroatoms. The molecule has 0 spiro atoms. The molecule has 4 bridgehead atoms. The summed E-state index contributed by atoms with van der Waals surface area (Å²) < 4.78 is 0. The van der Waals surface area contributed by atoms with Crippen molar-refractivity contribution in [3.63, 3.8) is 0 Å². The maximum Gasteiger partial charge on any atom is 0.305 e. The minimum atomic E-state index is -2.17. The molecular weight excluding hydrogens is 1810 g/mol. The van der Waals surface area contributed by atoms with Crippen molar-refractivity contribution in [2.75, 3.05) is 80.5 Å². The Morgan fingerprint density at radius 1 is 0.465 bits per heavy atom. The highest BCUT2D eigenvalue weighted by molar-refractivity contribution is 8.77. The molecule has 6 rings (SSSR count). The lowest BCUT2D eigenvalue weighted by Crippen LogP contribution is -2.62. The number of primary amides is 2. The maximum absolute atomic E-state index is 15.5. The minimum absolute atomic E-state index is 0.0544. The monoisotopic (exact) mass is 1920 g/mol. The van der Waals surface area contributed by atoms with Crippen LogP contribution in [-0.4, -0.2) is 330 Å². The Kier molecular flexibility index (Phi) is 46.1. The van der Waals surface area contributed by atoms with E-state index < -0.39 is 302 Å². The van der Waals surface area contributed by atoms with E-state index in [1.807, 2.05) is 6.92 Å². The molecule has 129 heavy (non-hydrogen) atoms. The molecule has 0 unspecified atom stereocenters. The number of hydrogen-bond donors (Lipinski definition) is 29. The summed E-state index contributed by atoms with van der Waals surface area (Å²) in [5.41, 5.74) is 30.3. The van der Waals surface area contributed by atoms with Crippen LogP contribution in [0.4, 0.5) is 0 Å². The molecule has 0 radical (unpaired) electrons. The van der Waals surface area contributed by atoms with E-state index in [0.29, 0.717) is 40.1 Å². The number of H-pyrrole nitrogens is 2. The van der Waals surface area contributed by atoms with Gasteiger partial charge in [-0.2, -0.15) is 0 Å². The fourth-order valence-corrected chi connectivity index (χ4v) is 19.7. The van der Waals surface area contributed by atoms with E-state index in [9.17, 15) is 92.3 Å². The Hall–Kier alpha value is -11.1. The molecule has 1 aromatic carbocycles. The SMILES string of the molecule is CCCCCCCCN1CC(=O)N[C@@H](Cc2c[nH]c3ccccc23)C(=O)N[C@H]2CSSC[C@H](N)C(=O)N[C@H]3CSSC[C@H](NC(=O)[C@H](CCCNC(=N)N)NC(=O)[C@H](CO)NC(=O)[C@H](Cc4c[nH]cn4)NC(=O)[C@H](CC(=O)O)NC(=O)[C@H](CCCNC(=N)N)NC2=O)C(=O)N[C@H](C(N)=O)CSSC[C@H](NC(=O)[C@H](CC(N)=O)NC3=O)C(=O)N[C@@H](CO)C(=O)N[C@@H](CO)C1=O. The van der Waals surface area contributed by atoms with Gasteiger partial charge in [0.2, 0.25) is 100 Å². The highest BCUT2D eigenvalue weighted by atomic mass is 33.1. The second-order valence-electron chi connectivity index (χ2n) is 29.8. The molecule has 34 N–H and O–H groups in total. The van der Waals surface area contributed by atoms with Gasteiger partial charge in [0.25, 0.3) is 0 Å². The lowest BCUT2D eigenvalue weighted by Gasteiger charge is -2.29. The number of carboxylic acids is 1. The summed E-state index contributed by atoms with van der Waals surface area (Å²) in [5.74, 6) is -26.7. The Bertz CT molecular complexity index is 4410. The zero-order valence-electron chi connectivity index (χ0n) is 70.2. The zero-order valence-corrected chi connectivity index (χ0v) is 75.1. The number of carbonyl (C=O) groups is 18. The van der Waals surface area contributed by atoms with Crippen molar-refractivity contribution in [1.82, 2.24) is 105 Å². The number of nitrogens with one attached hydrogen (secondary N) is 20. The molecule has 3 fully saturated rings. The van der Waals surface area contributed by atoms with Crippen LogP contribution in [-0.2, 0) is 99.1 Å². The number of amides is 17. The number of benzene rings is 1. The zero-order chi connectivity index (χ0) is 94.8. The average Bonchev–Trinajstić information content (AvgIpc) is 1.68. The number of carboxylic acid groups (broad SMARTS) is 1. The van der Waals surface area contributed by atoms with Crippen molar-refractivity contribution in [3.8, 4) is 0 Å². The molecule has 15 atom stereocenters. The molecule has 5 heterocycles. The number of fused-ring (bicyclic) bond motifs is 17. The van der Waals surface area contributed by atoms with Crippen LogP contribution in [0.3, 0.4) is 0 Å². The number of guanidine groups is 2. The van der Waals surface area contributed by atoms with Crippen LogP contribution in [0.15, 0.2) is 43.0 Å². The third-order valence-electron chi connectivity index (χ3n) is 19.7. The van der Waals surface area contributed by atoms with Crippen LogP contribution in [0.25, 0.3) is 10.9 Å². The van der Waals surface area contributed by atoms with Crippen molar-refractivity contribution in [3.05, 3.63) is 54.2 Å². The Labute approximate surface area is 762 Å². The van der Waals surface area contributed by atoms with Crippen LogP contribution >= 0.6 is 64.8 Å². The third-order valence-corrected chi connectivity index (χ3v) is 27.0. The number of nitrogens with zero attached hydrogens (tertiary/aromatic N) is 2. The molecule has 49 nitrogen and oxygen atoms in total.